The molecule has 1 saturated heterocycles. The lowest BCUT2D eigenvalue weighted by Gasteiger charge is -2.44. The van der Waals surface area contributed by atoms with Gasteiger partial charge in [0.1, 0.15) is 6.04 Å². The molecule has 7 nitrogen and oxygen atoms in total. The Morgan fingerprint density at radius 2 is 2.04 bits per heavy atom. The number of rotatable bonds is 6. The first-order valence-electron chi connectivity index (χ1n) is 8.90. The SMILES string of the molecule is CCC(CC)C(=O)[N@+]([O-])(C1CCCNCC1)S(=O)(=O)c1ccccn1. The second kappa shape index (κ2) is 8.35. The fourth-order valence-corrected chi connectivity index (χ4v) is 5.08. The number of hydroxylamine groups is 2. The van der Waals surface area contributed by atoms with Crippen LogP contribution in [0.4, 0.5) is 0 Å². The number of quaternary nitrogens is 1. The topological polar surface area (TPSA) is 99.2 Å². The summed E-state index contributed by atoms with van der Waals surface area (Å²) in [5.74, 6) is -1.34. The number of sulfonamides is 1. The molecule has 1 aliphatic rings. The van der Waals surface area contributed by atoms with E-state index >= 15 is 0 Å². The summed E-state index contributed by atoms with van der Waals surface area (Å²) in [6, 6.07) is 3.57. The minimum Gasteiger partial charge on any atom is -0.608 e. The molecule has 8 heteroatoms. The van der Waals surface area contributed by atoms with Crippen molar-refractivity contribution in [3.63, 3.8) is 0 Å². The van der Waals surface area contributed by atoms with Crippen molar-refractivity contribution in [3.05, 3.63) is 29.6 Å². The third-order valence-corrected chi connectivity index (χ3v) is 6.89. The van der Waals surface area contributed by atoms with Gasteiger partial charge >= 0.3 is 15.9 Å². The number of hydrogen-bond acceptors (Lipinski definition) is 6. The van der Waals surface area contributed by atoms with Gasteiger partial charge in [-0.25, -0.2) is 9.78 Å². The highest BCUT2D eigenvalue weighted by molar-refractivity contribution is 7.86. The van der Waals surface area contributed by atoms with Gasteiger partial charge in [0.15, 0.2) is 0 Å². The van der Waals surface area contributed by atoms with Crippen LogP contribution in [0.15, 0.2) is 29.4 Å². The third-order valence-electron chi connectivity index (χ3n) is 4.93. The highest BCUT2D eigenvalue weighted by Crippen LogP contribution is 2.34. The zero-order valence-corrected chi connectivity index (χ0v) is 15.7. The lowest BCUT2D eigenvalue weighted by atomic mass is 10.0. The van der Waals surface area contributed by atoms with Crippen molar-refractivity contribution in [3.8, 4) is 0 Å². The van der Waals surface area contributed by atoms with E-state index in [2.05, 4.69) is 10.3 Å². The maximum Gasteiger partial charge on any atom is 0.351 e. The first-order chi connectivity index (χ1) is 11.9. The van der Waals surface area contributed by atoms with Crippen molar-refractivity contribution in [1.29, 1.82) is 0 Å². The molecule has 1 unspecified atom stereocenters. The Morgan fingerprint density at radius 1 is 1.32 bits per heavy atom. The van der Waals surface area contributed by atoms with Crippen LogP contribution in [0.1, 0.15) is 46.0 Å². The van der Waals surface area contributed by atoms with Crippen molar-refractivity contribution in [1.82, 2.24) is 10.3 Å². The fourth-order valence-electron chi connectivity index (χ4n) is 3.37. The van der Waals surface area contributed by atoms with Gasteiger partial charge in [0.05, 0.1) is 5.92 Å². The zero-order chi connectivity index (χ0) is 18.5. The maximum absolute atomic E-state index is 13.8. The molecule has 1 aromatic rings. The largest absolute Gasteiger partial charge is 0.608 e. The molecule has 0 saturated carbocycles. The number of amides is 1. The lowest BCUT2D eigenvalue weighted by Crippen LogP contribution is -2.60. The summed E-state index contributed by atoms with van der Waals surface area (Å²) < 4.78 is 24.6. The van der Waals surface area contributed by atoms with Crippen LogP contribution in [0, 0.1) is 11.1 Å². The van der Waals surface area contributed by atoms with E-state index in [0.717, 1.165) is 6.54 Å². The van der Waals surface area contributed by atoms with E-state index in [1.54, 1.807) is 19.9 Å². The molecule has 0 radical (unpaired) electrons. The molecular formula is C17H27N3O4S. The first-order valence-corrected chi connectivity index (χ1v) is 10.3. The fraction of sp³-hybridized carbons (Fsp3) is 0.647. The third kappa shape index (κ3) is 3.76. The number of pyridine rings is 1. The molecular weight excluding hydrogens is 342 g/mol. The Balaban J connectivity index is 2.57. The molecule has 1 amide bonds. The van der Waals surface area contributed by atoms with Gasteiger partial charge < -0.3 is 10.5 Å². The highest BCUT2D eigenvalue weighted by Gasteiger charge is 2.50. The van der Waals surface area contributed by atoms with Crippen LogP contribution in [0.5, 0.6) is 0 Å². The van der Waals surface area contributed by atoms with E-state index in [4.69, 9.17) is 0 Å². The van der Waals surface area contributed by atoms with Crippen molar-refractivity contribution in [2.45, 2.75) is 57.0 Å². The Hall–Kier alpha value is -1.35. The average Bonchev–Trinajstić information content (AvgIpc) is 2.92. The summed E-state index contributed by atoms with van der Waals surface area (Å²) in [4.78, 5) is 16.9. The first kappa shape index (κ1) is 20.0. The quantitative estimate of drug-likeness (QED) is 0.609. The molecule has 2 atom stereocenters. The van der Waals surface area contributed by atoms with Gasteiger partial charge in [-0.1, -0.05) is 19.9 Å². The molecule has 0 aromatic carbocycles. The van der Waals surface area contributed by atoms with E-state index < -0.39 is 31.9 Å². The van der Waals surface area contributed by atoms with Crippen molar-refractivity contribution >= 4 is 15.9 Å². The molecule has 2 heterocycles. The maximum atomic E-state index is 13.8. The lowest BCUT2D eigenvalue weighted by molar-refractivity contribution is -0.707. The van der Waals surface area contributed by atoms with Crippen molar-refractivity contribution in [2.75, 3.05) is 13.1 Å². The summed E-state index contributed by atoms with van der Waals surface area (Å²) in [6.07, 6.45) is 3.63. The molecule has 0 spiro atoms. The van der Waals surface area contributed by atoms with Gasteiger partial charge in [0, 0.05) is 25.6 Å². The number of hydrogen-bond donors (Lipinski definition) is 1. The number of nitrogens with one attached hydrogen (secondary N) is 1. The Morgan fingerprint density at radius 3 is 2.64 bits per heavy atom. The van der Waals surface area contributed by atoms with E-state index in [9.17, 15) is 18.4 Å². The average molecular weight is 369 g/mol. The van der Waals surface area contributed by atoms with Crippen LogP contribution in [0.25, 0.3) is 0 Å². The van der Waals surface area contributed by atoms with Crippen LogP contribution >= 0.6 is 0 Å². The van der Waals surface area contributed by atoms with E-state index in [0.29, 0.717) is 38.6 Å². The summed E-state index contributed by atoms with van der Waals surface area (Å²) >= 11 is 0. The summed E-state index contributed by atoms with van der Waals surface area (Å²) in [5.41, 5.74) is 0. The van der Waals surface area contributed by atoms with Crippen LogP contribution in [-0.2, 0) is 14.8 Å². The summed E-state index contributed by atoms with van der Waals surface area (Å²) in [5, 5.41) is 16.7. The summed E-state index contributed by atoms with van der Waals surface area (Å²) in [6.45, 7) is 4.86. The number of aromatic nitrogens is 1. The van der Waals surface area contributed by atoms with Crippen LogP contribution in [0.3, 0.4) is 0 Å². The number of nitrogens with zero attached hydrogens (tertiary/aromatic N) is 2. The van der Waals surface area contributed by atoms with E-state index in [1.165, 1.54) is 18.3 Å². The zero-order valence-electron chi connectivity index (χ0n) is 14.8. The number of carbonyl (C=O) groups is 1. The highest BCUT2D eigenvalue weighted by atomic mass is 32.2. The predicted octanol–water partition coefficient (Wildman–Crippen LogP) is 2.19. The second-order valence-electron chi connectivity index (χ2n) is 6.43. The molecule has 1 aromatic heterocycles. The Kier molecular flexibility index (Phi) is 6.67. The summed E-state index contributed by atoms with van der Waals surface area (Å²) in [7, 11) is -4.49. The molecule has 1 aliphatic heterocycles. The van der Waals surface area contributed by atoms with Gasteiger partial charge in [-0.2, -0.15) is 12.5 Å². The van der Waals surface area contributed by atoms with Gasteiger partial charge in [-0.15, -0.1) is 0 Å². The van der Waals surface area contributed by atoms with E-state index in [1.807, 2.05) is 0 Å². The molecule has 0 bridgehead atoms. The number of carbonyl (C=O) groups excluding carboxylic acids is 1. The molecule has 1 N–H and O–H groups in total. The molecule has 140 valence electrons. The van der Waals surface area contributed by atoms with Crippen molar-refractivity contribution < 1.29 is 17.3 Å². The van der Waals surface area contributed by atoms with Gasteiger partial charge in [-0.05, 0) is 37.9 Å². The molecule has 2 rings (SSSR count). The van der Waals surface area contributed by atoms with Crippen molar-refractivity contribution in [2.24, 2.45) is 5.92 Å². The van der Waals surface area contributed by atoms with Crippen LogP contribution in [0.2, 0.25) is 0 Å². The minimum atomic E-state index is -4.49. The van der Waals surface area contributed by atoms with Gasteiger partial charge in [0.25, 0.3) is 0 Å². The Labute approximate surface area is 149 Å². The van der Waals surface area contributed by atoms with Gasteiger partial charge in [-0.3, -0.25) is 0 Å². The minimum absolute atomic E-state index is 0.332. The monoisotopic (exact) mass is 369 g/mol. The Bertz CT molecular complexity index is 668. The van der Waals surface area contributed by atoms with Crippen LogP contribution in [-0.4, -0.2) is 42.5 Å². The smallest absolute Gasteiger partial charge is 0.351 e. The predicted molar refractivity (Wildman–Crippen MR) is 94.6 cm³/mol. The second-order valence-corrected chi connectivity index (χ2v) is 8.34. The van der Waals surface area contributed by atoms with E-state index in [-0.39, 0.29) is 5.03 Å². The van der Waals surface area contributed by atoms with Gasteiger partial charge in [0.2, 0.25) is 5.03 Å². The molecule has 1 fully saturated rings. The normalized spacial score (nSPS) is 21.5. The molecule has 25 heavy (non-hydrogen) atoms. The van der Waals surface area contributed by atoms with Crippen LogP contribution < -0.4 is 5.32 Å². The standard InChI is InChI=1S/C17H27N3O4S/c1-3-14(4-2)17(21)20(22,15-8-7-11-18-13-10-15)25(23,24)16-9-5-6-12-19-16/h5-6,9,12,14-15,18H,3-4,7-8,10-11,13H2,1-2H3/t15?,20-/m0/s1. The molecule has 0 aliphatic carbocycles.